The van der Waals surface area contributed by atoms with Crippen molar-refractivity contribution in [2.24, 2.45) is 0 Å². The molecule has 3 rings (SSSR count). The molecule has 0 radical (unpaired) electrons. The van der Waals surface area contributed by atoms with Crippen LogP contribution in [-0.4, -0.2) is 19.7 Å². The van der Waals surface area contributed by atoms with Crippen molar-refractivity contribution < 1.29 is 4.92 Å². The summed E-state index contributed by atoms with van der Waals surface area (Å²) in [6, 6.07) is 4.12. The predicted molar refractivity (Wildman–Crippen MR) is 80.5 cm³/mol. The zero-order chi connectivity index (χ0) is 15.1. The first-order chi connectivity index (χ1) is 9.97. The summed E-state index contributed by atoms with van der Waals surface area (Å²) in [5.74, 6) is 0. The third kappa shape index (κ3) is 2.42. The molecule has 0 saturated carbocycles. The average Bonchev–Trinajstić information content (AvgIpc) is 2.82. The highest BCUT2D eigenvalue weighted by Crippen LogP contribution is 2.34. The van der Waals surface area contributed by atoms with E-state index in [1.165, 1.54) is 23.0 Å². The second-order valence-corrected chi connectivity index (χ2v) is 5.30. The number of nitrogens with zero attached hydrogens (tertiary/aromatic N) is 4. The Morgan fingerprint density at radius 1 is 1.19 bits per heavy atom. The Morgan fingerprint density at radius 2 is 1.86 bits per heavy atom. The smallest absolute Gasteiger partial charge is 0.258 e. The van der Waals surface area contributed by atoms with Crippen LogP contribution in [0.5, 0.6) is 0 Å². The zero-order valence-corrected chi connectivity index (χ0v) is 12.4. The molecule has 9 heteroatoms. The first-order valence-corrected chi connectivity index (χ1v) is 6.74. The van der Waals surface area contributed by atoms with Gasteiger partial charge in [0.1, 0.15) is 10.8 Å². The monoisotopic (exact) mass is 342 g/mol. The molecule has 0 aliphatic heterocycles. The third-order valence-electron chi connectivity index (χ3n) is 2.83. The standard InChI is InChI=1S/C12H5Cl3N4O2/c13-8-3-6(19(20)21)4-9(14)11(8)18-5-7-10(17-18)1-2-16-12(7)15/h1-5H. The van der Waals surface area contributed by atoms with Gasteiger partial charge in [0.05, 0.1) is 25.9 Å². The SMILES string of the molecule is O=[N+]([O-])c1cc(Cl)c(-n2cc3c(Cl)nccc3n2)c(Cl)c1. The Labute approximate surface area is 133 Å². The number of hydrogen-bond donors (Lipinski definition) is 0. The summed E-state index contributed by atoms with van der Waals surface area (Å²) in [6.07, 6.45) is 3.14. The molecule has 106 valence electrons. The Morgan fingerprint density at radius 3 is 2.43 bits per heavy atom. The maximum atomic E-state index is 10.8. The number of benzene rings is 1. The van der Waals surface area contributed by atoms with E-state index in [2.05, 4.69) is 10.1 Å². The summed E-state index contributed by atoms with van der Waals surface area (Å²) in [6.45, 7) is 0. The third-order valence-corrected chi connectivity index (χ3v) is 3.70. The molecule has 0 amide bonds. The topological polar surface area (TPSA) is 73.8 Å². The molecule has 0 atom stereocenters. The van der Waals surface area contributed by atoms with Crippen LogP contribution in [0.25, 0.3) is 16.6 Å². The summed E-state index contributed by atoms with van der Waals surface area (Å²) >= 11 is 18.1. The summed E-state index contributed by atoms with van der Waals surface area (Å²) in [5, 5.41) is 16.2. The van der Waals surface area contributed by atoms with E-state index in [0.717, 1.165) is 0 Å². The van der Waals surface area contributed by atoms with Gasteiger partial charge in [0.15, 0.2) is 0 Å². The highest BCUT2D eigenvalue weighted by Gasteiger charge is 2.17. The van der Waals surface area contributed by atoms with Crippen LogP contribution in [0.15, 0.2) is 30.6 Å². The fourth-order valence-corrected chi connectivity index (χ4v) is 2.75. The second-order valence-electron chi connectivity index (χ2n) is 4.12. The van der Waals surface area contributed by atoms with Gasteiger partial charge in [0.25, 0.3) is 5.69 Å². The molecule has 0 aliphatic carbocycles. The lowest BCUT2D eigenvalue weighted by Crippen LogP contribution is -1.98. The largest absolute Gasteiger partial charge is 0.272 e. The molecule has 0 unspecified atom stereocenters. The fourth-order valence-electron chi connectivity index (χ4n) is 1.90. The molecule has 0 spiro atoms. The van der Waals surface area contributed by atoms with Crippen LogP contribution in [0.2, 0.25) is 15.2 Å². The summed E-state index contributed by atoms with van der Waals surface area (Å²) in [7, 11) is 0. The fraction of sp³-hybridized carbons (Fsp3) is 0. The van der Waals surface area contributed by atoms with Crippen LogP contribution < -0.4 is 0 Å². The van der Waals surface area contributed by atoms with Crippen molar-refractivity contribution in [1.82, 2.24) is 14.8 Å². The van der Waals surface area contributed by atoms with Crippen molar-refractivity contribution in [2.45, 2.75) is 0 Å². The second kappa shape index (κ2) is 5.14. The Hall–Kier alpha value is -1.89. The molecule has 0 bridgehead atoms. The maximum absolute atomic E-state index is 10.8. The number of nitro groups is 1. The van der Waals surface area contributed by atoms with Gasteiger partial charge in [-0.05, 0) is 6.07 Å². The minimum Gasteiger partial charge on any atom is -0.258 e. The quantitative estimate of drug-likeness (QED) is 0.395. The predicted octanol–water partition coefficient (Wildman–Crippen LogP) is 4.29. The molecule has 0 saturated heterocycles. The van der Waals surface area contributed by atoms with Gasteiger partial charge < -0.3 is 0 Å². The van der Waals surface area contributed by atoms with Crippen LogP contribution in [0.1, 0.15) is 0 Å². The Bertz CT molecular complexity index is 855. The van der Waals surface area contributed by atoms with Crippen LogP contribution in [0.4, 0.5) is 5.69 Å². The minimum absolute atomic E-state index is 0.117. The van der Waals surface area contributed by atoms with Gasteiger partial charge in [-0.15, -0.1) is 0 Å². The Balaban J connectivity index is 2.23. The number of aromatic nitrogens is 3. The van der Waals surface area contributed by atoms with Crippen LogP contribution >= 0.6 is 34.8 Å². The molecule has 6 nitrogen and oxygen atoms in total. The minimum atomic E-state index is -0.568. The van der Waals surface area contributed by atoms with E-state index >= 15 is 0 Å². The summed E-state index contributed by atoms with van der Waals surface area (Å²) in [4.78, 5) is 14.2. The van der Waals surface area contributed by atoms with E-state index in [-0.39, 0.29) is 15.7 Å². The number of pyridine rings is 1. The molecule has 2 heterocycles. The van der Waals surface area contributed by atoms with Gasteiger partial charge in [-0.1, -0.05) is 34.8 Å². The lowest BCUT2D eigenvalue weighted by atomic mass is 10.3. The van der Waals surface area contributed by atoms with Crippen LogP contribution in [0, 0.1) is 10.1 Å². The number of rotatable bonds is 2. The van der Waals surface area contributed by atoms with Gasteiger partial charge in [0.2, 0.25) is 0 Å². The maximum Gasteiger partial charge on any atom is 0.272 e. The van der Waals surface area contributed by atoms with Crippen molar-refractivity contribution in [3.05, 3.63) is 55.9 Å². The molecule has 0 fully saturated rings. The first kappa shape index (κ1) is 14.1. The first-order valence-electron chi connectivity index (χ1n) is 5.61. The number of hydrogen-bond acceptors (Lipinski definition) is 4. The van der Waals surface area contributed by atoms with Crippen molar-refractivity contribution in [3.8, 4) is 5.69 Å². The van der Waals surface area contributed by atoms with Crippen molar-refractivity contribution in [2.75, 3.05) is 0 Å². The van der Waals surface area contributed by atoms with Crippen LogP contribution in [-0.2, 0) is 0 Å². The molecular formula is C12H5Cl3N4O2. The number of nitro benzene ring substituents is 1. The van der Waals surface area contributed by atoms with E-state index in [0.29, 0.717) is 21.7 Å². The molecule has 1 aromatic carbocycles. The van der Waals surface area contributed by atoms with Gasteiger partial charge in [-0.2, -0.15) is 5.10 Å². The van der Waals surface area contributed by atoms with E-state index < -0.39 is 4.92 Å². The van der Waals surface area contributed by atoms with Crippen LogP contribution in [0.3, 0.4) is 0 Å². The summed E-state index contributed by atoms with van der Waals surface area (Å²) in [5.41, 5.74) is 0.766. The highest BCUT2D eigenvalue weighted by atomic mass is 35.5. The molecule has 21 heavy (non-hydrogen) atoms. The molecule has 3 aromatic rings. The summed E-state index contributed by atoms with van der Waals surface area (Å²) < 4.78 is 1.42. The van der Waals surface area contributed by atoms with Crippen molar-refractivity contribution in [3.63, 3.8) is 0 Å². The Kier molecular flexibility index (Phi) is 3.44. The van der Waals surface area contributed by atoms with Gasteiger partial charge in [-0.25, -0.2) is 9.67 Å². The normalized spacial score (nSPS) is 11.0. The van der Waals surface area contributed by atoms with Gasteiger partial charge >= 0.3 is 0 Å². The van der Waals surface area contributed by atoms with Crippen molar-refractivity contribution >= 4 is 51.4 Å². The molecule has 0 N–H and O–H groups in total. The lowest BCUT2D eigenvalue weighted by molar-refractivity contribution is -0.384. The zero-order valence-electron chi connectivity index (χ0n) is 10.1. The average molecular weight is 344 g/mol. The number of fused-ring (bicyclic) bond motifs is 1. The van der Waals surface area contributed by atoms with Gasteiger partial charge in [0, 0.05) is 24.5 Å². The van der Waals surface area contributed by atoms with E-state index in [1.807, 2.05) is 0 Å². The molecule has 2 aromatic heterocycles. The number of non-ortho nitro benzene ring substituents is 1. The highest BCUT2D eigenvalue weighted by molar-refractivity contribution is 6.38. The molecule has 0 aliphatic rings. The van der Waals surface area contributed by atoms with E-state index in [1.54, 1.807) is 12.3 Å². The lowest BCUT2D eigenvalue weighted by Gasteiger charge is -2.06. The van der Waals surface area contributed by atoms with Crippen molar-refractivity contribution in [1.29, 1.82) is 0 Å². The van der Waals surface area contributed by atoms with Gasteiger partial charge in [-0.3, -0.25) is 10.1 Å². The van der Waals surface area contributed by atoms with E-state index in [9.17, 15) is 10.1 Å². The molecular weight excluding hydrogens is 339 g/mol. The number of halogens is 3. The van der Waals surface area contributed by atoms with E-state index in [4.69, 9.17) is 34.8 Å².